The van der Waals surface area contributed by atoms with E-state index in [0.29, 0.717) is 35.7 Å². The summed E-state index contributed by atoms with van der Waals surface area (Å²) in [5.74, 6) is -0.151. The van der Waals surface area contributed by atoms with E-state index in [1.807, 2.05) is 18.2 Å². The van der Waals surface area contributed by atoms with Crippen molar-refractivity contribution in [1.29, 1.82) is 0 Å². The summed E-state index contributed by atoms with van der Waals surface area (Å²) in [7, 11) is 0. The van der Waals surface area contributed by atoms with Gasteiger partial charge in [-0.1, -0.05) is 23.7 Å². The summed E-state index contributed by atoms with van der Waals surface area (Å²) in [6.07, 6.45) is 0.667. The molecule has 4 rings (SSSR count). The Morgan fingerprint density at radius 3 is 2.82 bits per heavy atom. The van der Waals surface area contributed by atoms with Gasteiger partial charge in [-0.2, -0.15) is 5.10 Å². The van der Waals surface area contributed by atoms with E-state index in [1.165, 1.54) is 12.1 Å². The van der Waals surface area contributed by atoms with Crippen LogP contribution in [-0.2, 0) is 13.0 Å². The van der Waals surface area contributed by atoms with E-state index in [2.05, 4.69) is 10.2 Å². The number of halogens is 1. The van der Waals surface area contributed by atoms with Gasteiger partial charge in [0.1, 0.15) is 0 Å². The third kappa shape index (κ3) is 3.25. The fourth-order valence-electron chi connectivity index (χ4n) is 3.52. The second-order valence-corrected chi connectivity index (χ2v) is 7.21. The summed E-state index contributed by atoms with van der Waals surface area (Å²) < 4.78 is 0. The molecule has 0 radical (unpaired) electrons. The standard InChI is InChI=1S/C20H17ClN4O3/c1-12-9-14(5-6-18(12)25(27)28)20(26)24-8-7-17-16(11-24)19(23-22-17)13-3-2-4-15(21)10-13/h2-6,9-10H,7-8,11H2,1H3,(H,22,23). The molecule has 0 fully saturated rings. The molecule has 0 bridgehead atoms. The van der Waals surface area contributed by atoms with Gasteiger partial charge in [0, 0.05) is 58.5 Å². The van der Waals surface area contributed by atoms with Crippen molar-refractivity contribution in [2.24, 2.45) is 0 Å². The van der Waals surface area contributed by atoms with Crippen LogP contribution in [0.25, 0.3) is 11.3 Å². The van der Waals surface area contributed by atoms with Crippen molar-refractivity contribution in [2.75, 3.05) is 6.54 Å². The maximum Gasteiger partial charge on any atom is 0.272 e. The number of nitrogens with zero attached hydrogens (tertiary/aromatic N) is 3. The first kappa shape index (κ1) is 18.2. The lowest BCUT2D eigenvalue weighted by Gasteiger charge is -2.27. The minimum absolute atomic E-state index is 0.00978. The molecule has 0 unspecified atom stereocenters. The van der Waals surface area contributed by atoms with E-state index in [0.717, 1.165) is 22.5 Å². The highest BCUT2D eigenvalue weighted by molar-refractivity contribution is 6.30. The number of nitro benzene ring substituents is 1. The summed E-state index contributed by atoms with van der Waals surface area (Å²) >= 11 is 6.10. The van der Waals surface area contributed by atoms with Crippen molar-refractivity contribution in [2.45, 2.75) is 19.9 Å². The van der Waals surface area contributed by atoms with Gasteiger partial charge in [-0.15, -0.1) is 0 Å². The highest BCUT2D eigenvalue weighted by atomic mass is 35.5. The molecule has 2 heterocycles. The average molecular weight is 397 g/mol. The lowest BCUT2D eigenvalue weighted by molar-refractivity contribution is -0.385. The van der Waals surface area contributed by atoms with Gasteiger partial charge in [-0.05, 0) is 31.2 Å². The lowest BCUT2D eigenvalue weighted by Crippen LogP contribution is -2.36. The number of H-pyrrole nitrogens is 1. The van der Waals surface area contributed by atoms with E-state index in [9.17, 15) is 14.9 Å². The molecule has 1 amide bonds. The number of nitrogens with one attached hydrogen (secondary N) is 1. The maximum absolute atomic E-state index is 13.0. The Morgan fingerprint density at radius 1 is 1.29 bits per heavy atom. The molecule has 1 aliphatic heterocycles. The monoisotopic (exact) mass is 396 g/mol. The molecule has 8 heteroatoms. The van der Waals surface area contributed by atoms with Gasteiger partial charge >= 0.3 is 0 Å². The number of hydrogen-bond donors (Lipinski definition) is 1. The summed E-state index contributed by atoms with van der Waals surface area (Å²) in [5, 5.41) is 19.1. The minimum atomic E-state index is -0.445. The molecule has 0 aliphatic carbocycles. The number of hydrogen-bond acceptors (Lipinski definition) is 4. The summed E-state index contributed by atoms with van der Waals surface area (Å²) in [6.45, 7) is 2.61. The molecule has 7 nitrogen and oxygen atoms in total. The van der Waals surface area contributed by atoms with E-state index in [-0.39, 0.29) is 11.6 Å². The number of aryl methyl sites for hydroxylation is 1. The van der Waals surface area contributed by atoms with E-state index in [4.69, 9.17) is 11.6 Å². The van der Waals surface area contributed by atoms with Crippen molar-refractivity contribution < 1.29 is 9.72 Å². The zero-order chi connectivity index (χ0) is 19.8. The molecule has 1 N–H and O–H groups in total. The lowest BCUT2D eigenvalue weighted by atomic mass is 10.00. The van der Waals surface area contributed by atoms with Crippen LogP contribution in [-0.4, -0.2) is 32.5 Å². The number of aromatic nitrogens is 2. The van der Waals surface area contributed by atoms with E-state index >= 15 is 0 Å². The molecular formula is C20H17ClN4O3. The average Bonchev–Trinajstić information content (AvgIpc) is 3.10. The quantitative estimate of drug-likeness (QED) is 0.531. The SMILES string of the molecule is Cc1cc(C(=O)N2CCc3[nH]nc(-c4cccc(Cl)c4)c3C2)ccc1[N+](=O)[O-]. The number of fused-ring (bicyclic) bond motifs is 1. The van der Waals surface area contributed by atoms with Crippen LogP contribution in [0.1, 0.15) is 27.2 Å². The first-order valence-corrected chi connectivity index (χ1v) is 9.18. The Hall–Kier alpha value is -3.19. The van der Waals surface area contributed by atoms with Gasteiger partial charge in [0.05, 0.1) is 10.6 Å². The van der Waals surface area contributed by atoms with Crippen LogP contribution in [0.5, 0.6) is 0 Å². The third-order valence-corrected chi connectivity index (χ3v) is 5.19. The molecule has 0 atom stereocenters. The Balaban J connectivity index is 1.62. The van der Waals surface area contributed by atoms with Gasteiger partial charge in [0.2, 0.25) is 0 Å². The number of amides is 1. The smallest absolute Gasteiger partial charge is 0.272 e. The molecule has 1 aliphatic rings. The molecule has 3 aromatic rings. The van der Waals surface area contributed by atoms with Crippen LogP contribution >= 0.6 is 11.6 Å². The van der Waals surface area contributed by atoms with Crippen LogP contribution in [0.3, 0.4) is 0 Å². The van der Waals surface area contributed by atoms with E-state index < -0.39 is 4.92 Å². The predicted octanol–water partition coefficient (Wildman–Crippen LogP) is 4.15. The Bertz CT molecular complexity index is 1090. The van der Waals surface area contributed by atoms with Gasteiger partial charge in [-0.3, -0.25) is 20.0 Å². The minimum Gasteiger partial charge on any atom is -0.334 e. The van der Waals surface area contributed by atoms with Crippen LogP contribution in [0.2, 0.25) is 5.02 Å². The molecule has 0 spiro atoms. The molecule has 142 valence electrons. The second kappa shape index (κ2) is 7.09. The Labute approximate surface area is 166 Å². The van der Waals surface area contributed by atoms with Crippen LogP contribution in [0, 0.1) is 17.0 Å². The Morgan fingerprint density at radius 2 is 2.11 bits per heavy atom. The van der Waals surface area contributed by atoms with Gasteiger partial charge in [0.25, 0.3) is 11.6 Å². The number of nitro groups is 1. The zero-order valence-corrected chi connectivity index (χ0v) is 15.9. The Kier molecular flexibility index (Phi) is 4.60. The molecule has 0 saturated heterocycles. The first-order chi connectivity index (χ1) is 13.4. The van der Waals surface area contributed by atoms with Crippen molar-refractivity contribution in [3.8, 4) is 11.3 Å². The number of carbonyl (C=O) groups is 1. The van der Waals surface area contributed by atoms with Gasteiger partial charge in [0.15, 0.2) is 0 Å². The zero-order valence-electron chi connectivity index (χ0n) is 15.1. The maximum atomic E-state index is 13.0. The van der Waals surface area contributed by atoms with Gasteiger partial charge < -0.3 is 4.90 Å². The molecule has 28 heavy (non-hydrogen) atoms. The summed E-state index contributed by atoms with van der Waals surface area (Å²) in [4.78, 5) is 25.3. The number of aromatic amines is 1. The topological polar surface area (TPSA) is 92.1 Å². The molecule has 2 aromatic carbocycles. The fourth-order valence-corrected chi connectivity index (χ4v) is 3.71. The predicted molar refractivity (Wildman–Crippen MR) is 105 cm³/mol. The molecular weight excluding hydrogens is 380 g/mol. The molecule has 0 saturated carbocycles. The third-order valence-electron chi connectivity index (χ3n) is 4.96. The number of rotatable bonds is 3. The van der Waals surface area contributed by atoms with Crippen molar-refractivity contribution in [1.82, 2.24) is 15.1 Å². The highest BCUT2D eigenvalue weighted by Crippen LogP contribution is 2.30. The first-order valence-electron chi connectivity index (χ1n) is 8.80. The second-order valence-electron chi connectivity index (χ2n) is 6.77. The fraction of sp³-hybridized carbons (Fsp3) is 0.200. The number of benzene rings is 2. The van der Waals surface area contributed by atoms with Crippen LogP contribution < -0.4 is 0 Å². The summed E-state index contributed by atoms with van der Waals surface area (Å²) in [5.41, 5.74) is 4.59. The van der Waals surface area contributed by atoms with Crippen LogP contribution in [0.15, 0.2) is 42.5 Å². The van der Waals surface area contributed by atoms with Gasteiger partial charge in [-0.25, -0.2) is 0 Å². The molecule has 1 aromatic heterocycles. The van der Waals surface area contributed by atoms with Crippen molar-refractivity contribution in [3.05, 3.63) is 80.0 Å². The van der Waals surface area contributed by atoms with Crippen LogP contribution in [0.4, 0.5) is 5.69 Å². The van der Waals surface area contributed by atoms with E-state index in [1.54, 1.807) is 24.0 Å². The normalized spacial score (nSPS) is 13.3. The van der Waals surface area contributed by atoms with Crippen molar-refractivity contribution in [3.63, 3.8) is 0 Å². The number of carbonyl (C=O) groups excluding carboxylic acids is 1. The summed E-state index contributed by atoms with van der Waals surface area (Å²) in [6, 6.07) is 11.9. The largest absolute Gasteiger partial charge is 0.334 e. The van der Waals surface area contributed by atoms with Crippen molar-refractivity contribution >= 4 is 23.2 Å². The highest BCUT2D eigenvalue weighted by Gasteiger charge is 2.27.